The topological polar surface area (TPSA) is 104 Å². The van der Waals surface area contributed by atoms with Crippen LogP contribution in [0.3, 0.4) is 0 Å². The maximum atomic E-state index is 15.4. The molecule has 2 aliphatic carbocycles. The molecule has 3 heterocycles. The van der Waals surface area contributed by atoms with Gasteiger partial charge in [0.05, 0.1) is 47.0 Å². The van der Waals surface area contributed by atoms with E-state index >= 15 is 4.79 Å². The Bertz CT molecular complexity index is 2120. The predicted molar refractivity (Wildman–Crippen MR) is 196 cm³/mol. The highest BCUT2D eigenvalue weighted by atomic mass is 79.9. The molecule has 254 valence electrons. The van der Waals surface area contributed by atoms with Gasteiger partial charge < -0.3 is 9.84 Å². The molecular weight excluding hydrogens is 808 g/mol. The molecule has 2 aliphatic heterocycles. The molecule has 3 aromatic carbocycles. The first-order valence-electron chi connectivity index (χ1n) is 16.1. The Hall–Kier alpha value is -3.77. The molecule has 4 aromatic rings. The number of hydrogen-bond acceptors (Lipinski definition) is 7. The fraction of sp³-hybridized carbons (Fsp3) is 0.263. The number of phenols is 1. The van der Waals surface area contributed by atoms with E-state index in [0.717, 1.165) is 10.5 Å². The summed E-state index contributed by atoms with van der Waals surface area (Å²) in [5, 5.41) is 13.3. The lowest BCUT2D eigenvalue weighted by Crippen LogP contribution is -2.53. The third-order valence-electron chi connectivity index (χ3n) is 10.9. The Morgan fingerprint density at radius 3 is 2.42 bits per heavy atom. The smallest absolute Gasteiger partial charge is 0.246 e. The number of likely N-dealkylation sites (tertiary alicyclic amines) is 1. The Balaban J connectivity index is 1.38. The number of carbonyl (C=O) groups is 4. The highest BCUT2D eigenvalue weighted by Gasteiger charge is 2.70. The molecule has 50 heavy (non-hydrogen) atoms. The lowest BCUT2D eigenvalue weighted by molar-refractivity contribution is -0.141. The van der Waals surface area contributed by atoms with E-state index in [-0.39, 0.29) is 36.3 Å². The van der Waals surface area contributed by atoms with E-state index in [2.05, 4.69) is 31.9 Å². The second kappa shape index (κ2) is 12.5. The van der Waals surface area contributed by atoms with E-state index in [1.54, 1.807) is 30.3 Å². The van der Waals surface area contributed by atoms with Gasteiger partial charge >= 0.3 is 0 Å². The molecule has 0 bridgehead atoms. The molecule has 1 aromatic heterocycles. The second-order valence-corrected chi connectivity index (χ2v) is 16.1. The number of nitrogens with zero attached hydrogens (tertiary/aromatic N) is 2. The zero-order chi connectivity index (χ0) is 35.1. The van der Waals surface area contributed by atoms with E-state index in [1.807, 2.05) is 53.9 Å². The average Bonchev–Trinajstić information content (AvgIpc) is 3.79. The number of benzene rings is 3. The zero-order valence-electron chi connectivity index (χ0n) is 26.5. The fourth-order valence-corrected chi connectivity index (χ4v) is 10.7. The molecule has 1 N–H and O–H groups in total. The number of anilines is 1. The first kappa shape index (κ1) is 33.4. The van der Waals surface area contributed by atoms with Crippen molar-refractivity contribution in [3.8, 4) is 11.5 Å². The van der Waals surface area contributed by atoms with E-state index in [9.17, 15) is 19.5 Å². The van der Waals surface area contributed by atoms with Crippen molar-refractivity contribution in [1.82, 2.24) is 4.90 Å². The molecule has 3 fully saturated rings. The van der Waals surface area contributed by atoms with Crippen LogP contribution in [-0.2, 0) is 31.1 Å². The van der Waals surface area contributed by atoms with Crippen LogP contribution < -0.4 is 9.64 Å². The minimum atomic E-state index is -1.47. The number of aromatic hydroxyl groups is 1. The van der Waals surface area contributed by atoms with Gasteiger partial charge in [-0.05, 0) is 97.5 Å². The molecule has 4 amide bonds. The standard InChI is InChI=1S/C38H29Br2ClN2O6S/c1-49-28-17-26(31(39)32(40)33(28)44)30-23-12-13-24-29(36(47)42(34(24)45)18-22-11-6-14-50-22)25(23)16-27-35(46)43(21-10-5-9-20(41)15-21)37(48)38(27,30)19-7-3-2-4-8-19/h2-12,14-15,17,24-25,27,29-30,44H,13,16,18H2,1H3/t24-,25+,27-,29-,30+,38+/m0/s1. The van der Waals surface area contributed by atoms with E-state index in [4.69, 9.17) is 16.3 Å². The molecule has 8 rings (SSSR count). The van der Waals surface area contributed by atoms with Crippen molar-refractivity contribution in [3.05, 3.63) is 120 Å². The van der Waals surface area contributed by atoms with Gasteiger partial charge in [-0.3, -0.25) is 24.1 Å². The number of halogens is 3. The largest absolute Gasteiger partial charge is 0.503 e. The minimum absolute atomic E-state index is 0.131. The highest BCUT2D eigenvalue weighted by molar-refractivity contribution is 9.13. The summed E-state index contributed by atoms with van der Waals surface area (Å²) in [7, 11) is 1.44. The number of hydrogen-bond donors (Lipinski definition) is 1. The Labute approximate surface area is 313 Å². The average molecular weight is 837 g/mol. The van der Waals surface area contributed by atoms with Gasteiger partial charge in [0.2, 0.25) is 23.6 Å². The third-order valence-corrected chi connectivity index (χ3v) is 14.1. The summed E-state index contributed by atoms with van der Waals surface area (Å²) in [6.45, 7) is 0.193. The molecule has 6 atom stereocenters. The van der Waals surface area contributed by atoms with Gasteiger partial charge in [-0.2, -0.15) is 0 Å². The summed E-state index contributed by atoms with van der Waals surface area (Å²) in [6, 6.07) is 21.4. The predicted octanol–water partition coefficient (Wildman–Crippen LogP) is 8.00. The van der Waals surface area contributed by atoms with E-state index in [0.29, 0.717) is 37.2 Å². The van der Waals surface area contributed by atoms with Crippen LogP contribution in [0.25, 0.3) is 0 Å². The Kier molecular flexibility index (Phi) is 8.33. The number of phenolic OH excluding ortho intramolecular Hbond substituents is 1. The van der Waals surface area contributed by atoms with Crippen LogP contribution in [0, 0.1) is 23.7 Å². The number of methoxy groups -OCH3 is 1. The molecule has 12 heteroatoms. The van der Waals surface area contributed by atoms with Crippen molar-refractivity contribution in [2.75, 3.05) is 12.0 Å². The van der Waals surface area contributed by atoms with Crippen molar-refractivity contribution in [2.24, 2.45) is 23.7 Å². The maximum Gasteiger partial charge on any atom is 0.246 e. The van der Waals surface area contributed by atoms with Gasteiger partial charge in [0.25, 0.3) is 0 Å². The molecule has 2 saturated heterocycles. The number of thiophene rings is 1. The summed E-state index contributed by atoms with van der Waals surface area (Å²) in [5.74, 6) is -4.79. The fourth-order valence-electron chi connectivity index (χ4n) is 8.85. The van der Waals surface area contributed by atoms with Crippen LogP contribution in [0.4, 0.5) is 5.69 Å². The van der Waals surface area contributed by atoms with Crippen molar-refractivity contribution in [3.63, 3.8) is 0 Å². The number of imide groups is 2. The molecule has 4 aliphatic rings. The van der Waals surface area contributed by atoms with Crippen LogP contribution in [0.1, 0.15) is 34.8 Å². The monoisotopic (exact) mass is 834 g/mol. The molecule has 8 nitrogen and oxygen atoms in total. The summed E-state index contributed by atoms with van der Waals surface area (Å²) < 4.78 is 6.41. The Morgan fingerprint density at radius 1 is 0.940 bits per heavy atom. The van der Waals surface area contributed by atoms with Crippen molar-refractivity contribution in [1.29, 1.82) is 0 Å². The quantitative estimate of drug-likeness (QED) is 0.156. The first-order valence-corrected chi connectivity index (χ1v) is 19.0. The van der Waals surface area contributed by atoms with Gasteiger partial charge in [0.1, 0.15) is 0 Å². The summed E-state index contributed by atoms with van der Waals surface area (Å²) >= 11 is 15.1. The Morgan fingerprint density at radius 2 is 1.72 bits per heavy atom. The van der Waals surface area contributed by atoms with Crippen molar-refractivity contribution in [2.45, 2.75) is 30.7 Å². The van der Waals surface area contributed by atoms with Crippen molar-refractivity contribution >= 4 is 84.1 Å². The lowest BCUT2D eigenvalue weighted by atomic mass is 9.49. The first-order chi connectivity index (χ1) is 24.1. The number of allylic oxidation sites excluding steroid dienone is 2. The van der Waals surface area contributed by atoms with Gasteiger partial charge in [-0.15, -0.1) is 11.3 Å². The summed E-state index contributed by atoms with van der Waals surface area (Å²) in [4.78, 5) is 62.2. The number of carbonyl (C=O) groups excluding carboxylic acids is 4. The maximum absolute atomic E-state index is 15.4. The SMILES string of the molecule is COc1cc([C@H]2C3=CC[C@@H]4C(=O)N(Cc5cccs5)C(=O)[C@@H]4[C@@H]3C[C@H]3C(=O)N(c4cccc(Cl)c4)C(=O)[C@@]23c2ccccc2)c(Br)c(Br)c1O. The second-order valence-electron chi connectivity index (χ2n) is 13.1. The normalized spacial score (nSPS) is 27.3. The molecule has 1 saturated carbocycles. The van der Waals surface area contributed by atoms with Crippen LogP contribution in [0.15, 0.2) is 98.8 Å². The zero-order valence-corrected chi connectivity index (χ0v) is 31.3. The van der Waals surface area contributed by atoms with Gasteiger partial charge in [0.15, 0.2) is 11.5 Å². The van der Waals surface area contributed by atoms with Crippen LogP contribution in [0.2, 0.25) is 5.02 Å². The number of ether oxygens (including phenoxy) is 1. The van der Waals surface area contributed by atoms with Crippen LogP contribution >= 0.6 is 54.8 Å². The van der Waals surface area contributed by atoms with Crippen molar-refractivity contribution < 1.29 is 29.0 Å². The lowest BCUT2D eigenvalue weighted by Gasteiger charge is -2.51. The molecule has 0 unspecified atom stereocenters. The van der Waals surface area contributed by atoms with Crippen LogP contribution in [-0.4, -0.2) is 40.7 Å². The number of fused-ring (bicyclic) bond motifs is 4. The van der Waals surface area contributed by atoms with Crippen LogP contribution in [0.5, 0.6) is 11.5 Å². The number of amides is 4. The van der Waals surface area contributed by atoms with E-state index in [1.165, 1.54) is 28.2 Å². The molecular formula is C38H29Br2ClN2O6S. The van der Waals surface area contributed by atoms with Gasteiger partial charge in [-0.25, -0.2) is 4.90 Å². The van der Waals surface area contributed by atoms with E-state index < -0.39 is 46.8 Å². The summed E-state index contributed by atoms with van der Waals surface area (Å²) in [6.07, 6.45) is 2.50. The van der Waals surface area contributed by atoms with Gasteiger partial charge in [0, 0.05) is 20.3 Å². The van der Waals surface area contributed by atoms with Gasteiger partial charge in [-0.1, -0.05) is 65.7 Å². The molecule has 0 radical (unpaired) electrons. The highest BCUT2D eigenvalue weighted by Crippen LogP contribution is 2.66. The third kappa shape index (κ3) is 4.73. The minimum Gasteiger partial charge on any atom is -0.503 e. The molecule has 0 spiro atoms. The summed E-state index contributed by atoms with van der Waals surface area (Å²) in [5.41, 5.74) is 0.921. The number of rotatable bonds is 6.